The number of hydrogen-bond donors (Lipinski definition) is 2. The first-order valence-corrected chi connectivity index (χ1v) is 6.87. The van der Waals surface area contributed by atoms with Crippen LogP contribution in [0.15, 0.2) is 12.2 Å². The predicted octanol–water partition coefficient (Wildman–Crippen LogP) is 0.702. The van der Waals surface area contributed by atoms with E-state index in [2.05, 4.69) is 0 Å². The van der Waals surface area contributed by atoms with Crippen LogP contribution in [0.2, 0.25) is 0 Å². The highest BCUT2D eigenvalue weighted by molar-refractivity contribution is 5.70. The van der Waals surface area contributed by atoms with E-state index in [1.165, 1.54) is 12.2 Å². The Morgan fingerprint density at radius 3 is 2.80 bits per heavy atom. The molecule has 0 fully saturated rings. The number of esters is 2. The van der Waals surface area contributed by atoms with Gasteiger partial charge in [-0.1, -0.05) is 13.0 Å². The number of carbonyl (C=O) groups is 2. The Balaban J connectivity index is 2.80. The van der Waals surface area contributed by atoms with Gasteiger partial charge in [-0.25, -0.2) is 0 Å². The van der Waals surface area contributed by atoms with Crippen LogP contribution in [-0.2, 0) is 19.1 Å². The van der Waals surface area contributed by atoms with Crippen molar-refractivity contribution in [1.29, 1.82) is 0 Å². The van der Waals surface area contributed by atoms with Gasteiger partial charge in [0.05, 0.1) is 12.2 Å². The molecule has 6 heteroatoms. The Hall–Kier alpha value is -1.40. The van der Waals surface area contributed by atoms with E-state index in [-0.39, 0.29) is 19.3 Å². The third-order valence-electron chi connectivity index (χ3n) is 3.04. The quantitative estimate of drug-likeness (QED) is 0.586. The van der Waals surface area contributed by atoms with E-state index in [9.17, 15) is 19.8 Å². The van der Waals surface area contributed by atoms with Crippen LogP contribution in [0.25, 0.3) is 0 Å². The molecule has 0 radical (unpaired) electrons. The maximum absolute atomic E-state index is 11.5. The van der Waals surface area contributed by atoms with Crippen molar-refractivity contribution in [2.75, 3.05) is 0 Å². The fourth-order valence-corrected chi connectivity index (χ4v) is 1.83. The molecule has 0 aromatic rings. The molecule has 0 aromatic heterocycles. The van der Waals surface area contributed by atoms with E-state index < -0.39 is 36.4 Å². The first-order valence-electron chi connectivity index (χ1n) is 6.87. The Labute approximate surface area is 118 Å². The summed E-state index contributed by atoms with van der Waals surface area (Å²) < 4.78 is 10.4. The van der Waals surface area contributed by atoms with E-state index in [1.54, 1.807) is 6.92 Å². The molecule has 0 amide bonds. The zero-order valence-corrected chi connectivity index (χ0v) is 11.8. The molecule has 114 valence electrons. The molecule has 0 aliphatic carbocycles. The van der Waals surface area contributed by atoms with E-state index >= 15 is 0 Å². The molecule has 0 saturated carbocycles. The first kappa shape index (κ1) is 16.7. The lowest BCUT2D eigenvalue weighted by molar-refractivity contribution is -0.164. The van der Waals surface area contributed by atoms with E-state index in [0.717, 1.165) is 0 Å². The molecule has 1 rings (SSSR count). The molecule has 1 aliphatic rings. The van der Waals surface area contributed by atoms with Gasteiger partial charge in [-0.15, -0.1) is 0 Å². The molecule has 0 spiro atoms. The average Bonchev–Trinajstić information content (AvgIpc) is 2.39. The minimum Gasteiger partial charge on any atom is -0.458 e. The first-order chi connectivity index (χ1) is 9.43. The molecule has 1 heterocycles. The largest absolute Gasteiger partial charge is 0.458 e. The summed E-state index contributed by atoms with van der Waals surface area (Å²) in [5.74, 6) is -0.882. The molecule has 0 bridgehead atoms. The van der Waals surface area contributed by atoms with Gasteiger partial charge in [-0.3, -0.25) is 9.59 Å². The number of ether oxygens (including phenoxy) is 2. The molecule has 1 aliphatic heterocycles. The summed E-state index contributed by atoms with van der Waals surface area (Å²) in [6.07, 6.45) is 0.332. The van der Waals surface area contributed by atoms with Crippen LogP contribution < -0.4 is 0 Å². The van der Waals surface area contributed by atoms with E-state index in [1.807, 2.05) is 6.92 Å². The minimum absolute atomic E-state index is 0.00599. The highest BCUT2D eigenvalue weighted by Gasteiger charge is 2.25. The van der Waals surface area contributed by atoms with Crippen molar-refractivity contribution >= 4 is 11.9 Å². The van der Waals surface area contributed by atoms with Crippen molar-refractivity contribution in [2.45, 2.75) is 63.9 Å². The van der Waals surface area contributed by atoms with Crippen molar-refractivity contribution in [2.24, 2.45) is 0 Å². The van der Waals surface area contributed by atoms with Gasteiger partial charge in [0, 0.05) is 12.8 Å². The predicted molar refractivity (Wildman–Crippen MR) is 70.7 cm³/mol. The van der Waals surface area contributed by atoms with E-state index in [4.69, 9.17) is 9.47 Å². The number of hydrogen-bond acceptors (Lipinski definition) is 6. The van der Waals surface area contributed by atoms with Crippen LogP contribution in [0.3, 0.4) is 0 Å². The average molecular weight is 286 g/mol. The lowest BCUT2D eigenvalue weighted by Crippen LogP contribution is -2.34. The van der Waals surface area contributed by atoms with Crippen molar-refractivity contribution in [1.82, 2.24) is 0 Å². The minimum atomic E-state index is -1.10. The van der Waals surface area contributed by atoms with Crippen LogP contribution >= 0.6 is 0 Å². The standard InChI is InChI=1S/C14H22O6/c1-3-4-13(17)20-12-7-5-10(15)11(16)6-8-14(18)19-9(12)2/h5,7,9-12,15-16H,3-4,6,8H2,1-2H3/b7-5+/t9-,10-,11+,12+/m1/s1. The van der Waals surface area contributed by atoms with Crippen molar-refractivity contribution in [3.8, 4) is 0 Å². The monoisotopic (exact) mass is 286 g/mol. The van der Waals surface area contributed by atoms with Gasteiger partial charge >= 0.3 is 11.9 Å². The maximum Gasteiger partial charge on any atom is 0.306 e. The molecule has 2 N–H and O–H groups in total. The number of aliphatic hydroxyl groups is 2. The lowest BCUT2D eigenvalue weighted by atomic mass is 10.1. The fraction of sp³-hybridized carbons (Fsp3) is 0.714. The highest BCUT2D eigenvalue weighted by Crippen LogP contribution is 2.14. The zero-order valence-electron chi connectivity index (χ0n) is 11.8. The van der Waals surface area contributed by atoms with Crippen LogP contribution in [0.1, 0.15) is 39.5 Å². The number of rotatable bonds is 3. The van der Waals surface area contributed by atoms with Crippen LogP contribution in [0.5, 0.6) is 0 Å². The smallest absolute Gasteiger partial charge is 0.306 e. The Morgan fingerprint density at radius 1 is 1.45 bits per heavy atom. The second kappa shape index (κ2) is 8.01. The van der Waals surface area contributed by atoms with Crippen LogP contribution in [0.4, 0.5) is 0 Å². The van der Waals surface area contributed by atoms with Crippen molar-refractivity contribution < 1.29 is 29.3 Å². The fourth-order valence-electron chi connectivity index (χ4n) is 1.83. The summed E-state index contributed by atoms with van der Waals surface area (Å²) in [6, 6.07) is 0. The van der Waals surface area contributed by atoms with Crippen LogP contribution in [0, 0.1) is 0 Å². The lowest BCUT2D eigenvalue weighted by Gasteiger charge is -2.24. The summed E-state index contributed by atoms with van der Waals surface area (Å²) in [5.41, 5.74) is 0. The Bertz CT molecular complexity index is 365. The van der Waals surface area contributed by atoms with Gasteiger partial charge in [0.15, 0.2) is 6.10 Å². The van der Waals surface area contributed by atoms with Gasteiger partial charge < -0.3 is 19.7 Å². The number of aliphatic hydroxyl groups excluding tert-OH is 2. The maximum atomic E-state index is 11.5. The van der Waals surface area contributed by atoms with E-state index in [0.29, 0.717) is 6.42 Å². The molecule has 0 unspecified atom stereocenters. The molecular formula is C14H22O6. The summed E-state index contributed by atoms with van der Waals surface area (Å²) in [6.45, 7) is 3.48. The second-order valence-corrected chi connectivity index (χ2v) is 4.88. The molecule has 20 heavy (non-hydrogen) atoms. The number of cyclic esters (lactones) is 1. The third-order valence-corrected chi connectivity index (χ3v) is 3.04. The molecular weight excluding hydrogens is 264 g/mol. The van der Waals surface area contributed by atoms with Gasteiger partial charge in [0.25, 0.3) is 0 Å². The highest BCUT2D eigenvalue weighted by atomic mass is 16.6. The van der Waals surface area contributed by atoms with Gasteiger partial charge in [0.2, 0.25) is 0 Å². The summed E-state index contributed by atoms with van der Waals surface area (Å²) >= 11 is 0. The molecule has 0 saturated heterocycles. The number of carbonyl (C=O) groups excluding carboxylic acids is 2. The third kappa shape index (κ3) is 5.30. The molecule has 0 aromatic carbocycles. The molecule has 6 nitrogen and oxygen atoms in total. The van der Waals surface area contributed by atoms with Crippen LogP contribution in [-0.4, -0.2) is 46.6 Å². The zero-order chi connectivity index (χ0) is 15.1. The van der Waals surface area contributed by atoms with Gasteiger partial charge in [-0.2, -0.15) is 0 Å². The summed E-state index contributed by atoms with van der Waals surface area (Å²) in [5, 5.41) is 19.3. The normalized spacial score (nSPS) is 33.1. The van der Waals surface area contributed by atoms with Gasteiger partial charge in [0.1, 0.15) is 6.10 Å². The topological polar surface area (TPSA) is 93.1 Å². The summed E-state index contributed by atoms with van der Waals surface area (Å²) in [4.78, 5) is 23.1. The van der Waals surface area contributed by atoms with Crippen molar-refractivity contribution in [3.05, 3.63) is 12.2 Å². The SMILES string of the molecule is CCCC(=O)O[C@H]1/C=C/[C@@H](O)[C@@H](O)CCC(=O)O[C@@H]1C. The Kier molecular flexibility index (Phi) is 6.67. The van der Waals surface area contributed by atoms with Crippen molar-refractivity contribution in [3.63, 3.8) is 0 Å². The Morgan fingerprint density at radius 2 is 2.15 bits per heavy atom. The van der Waals surface area contributed by atoms with Gasteiger partial charge in [-0.05, 0) is 25.8 Å². The second-order valence-electron chi connectivity index (χ2n) is 4.88. The summed E-state index contributed by atoms with van der Waals surface area (Å²) in [7, 11) is 0. The molecule has 4 atom stereocenters.